The van der Waals surface area contributed by atoms with Crippen molar-refractivity contribution in [3.8, 4) is 5.75 Å². The molecular formula is C21H17BF2O3. The van der Waals surface area contributed by atoms with Crippen molar-refractivity contribution in [1.82, 2.24) is 0 Å². The van der Waals surface area contributed by atoms with Crippen molar-refractivity contribution in [3.05, 3.63) is 83.4 Å². The summed E-state index contributed by atoms with van der Waals surface area (Å²) >= 11 is 0. The Morgan fingerprint density at radius 1 is 0.926 bits per heavy atom. The fourth-order valence-electron chi connectivity index (χ4n) is 2.71. The van der Waals surface area contributed by atoms with E-state index in [1.165, 1.54) is 0 Å². The molecule has 0 aliphatic carbocycles. The third-order valence-electron chi connectivity index (χ3n) is 4.15. The van der Waals surface area contributed by atoms with Crippen LogP contribution in [0, 0.1) is 6.92 Å². The smallest absolute Gasteiger partial charge is 0.505 e. The van der Waals surface area contributed by atoms with Crippen molar-refractivity contribution in [2.24, 2.45) is 0 Å². The van der Waals surface area contributed by atoms with E-state index >= 15 is 0 Å². The lowest BCUT2D eigenvalue weighted by molar-refractivity contribution is 0.104. The van der Waals surface area contributed by atoms with Gasteiger partial charge in [-0.2, -0.15) is 0 Å². The maximum Gasteiger partial charge on any atom is 0.796 e. The highest BCUT2D eigenvalue weighted by molar-refractivity contribution is 6.36. The lowest BCUT2D eigenvalue weighted by Crippen LogP contribution is -2.06. The molecule has 0 aromatic heterocycles. The zero-order chi connectivity index (χ0) is 19.4. The predicted octanol–water partition coefficient (Wildman–Crippen LogP) is 5.32. The third kappa shape index (κ3) is 4.53. The largest absolute Gasteiger partial charge is 0.796 e. The van der Waals surface area contributed by atoms with Crippen molar-refractivity contribution >= 4 is 29.8 Å². The zero-order valence-corrected chi connectivity index (χ0v) is 14.9. The summed E-state index contributed by atoms with van der Waals surface area (Å²) in [6.07, 6.45) is 1.10. The Morgan fingerprint density at radius 2 is 1.56 bits per heavy atom. The Morgan fingerprint density at radius 3 is 2.22 bits per heavy atom. The molecule has 0 fully saturated rings. The first-order valence-corrected chi connectivity index (χ1v) is 8.32. The van der Waals surface area contributed by atoms with Crippen LogP contribution >= 0.6 is 0 Å². The van der Waals surface area contributed by atoms with E-state index in [1.807, 2.05) is 19.1 Å². The average Bonchev–Trinajstić information content (AvgIpc) is 2.66. The number of carbonyl (C=O) groups is 1. The number of rotatable bonds is 6. The summed E-state index contributed by atoms with van der Waals surface area (Å²) in [5, 5.41) is 1.76. The zero-order valence-electron chi connectivity index (χ0n) is 14.9. The van der Waals surface area contributed by atoms with E-state index in [-0.39, 0.29) is 5.76 Å². The first kappa shape index (κ1) is 18.6. The quantitative estimate of drug-likeness (QED) is 0.256. The van der Waals surface area contributed by atoms with Gasteiger partial charge >= 0.3 is 7.47 Å². The van der Waals surface area contributed by atoms with Crippen LogP contribution < -0.4 is 4.74 Å². The molecular weight excluding hydrogens is 349 g/mol. The summed E-state index contributed by atoms with van der Waals surface area (Å²) in [6, 6.07) is 17.5. The fourth-order valence-corrected chi connectivity index (χ4v) is 2.71. The van der Waals surface area contributed by atoms with Crippen LogP contribution in [0.5, 0.6) is 5.75 Å². The van der Waals surface area contributed by atoms with E-state index in [9.17, 15) is 13.4 Å². The number of hydrogen-bond donors (Lipinski definition) is 0. The molecule has 0 aliphatic heterocycles. The molecule has 136 valence electrons. The molecule has 0 aliphatic rings. The minimum absolute atomic E-state index is 0.162. The lowest BCUT2D eigenvalue weighted by Gasteiger charge is -2.09. The molecule has 27 heavy (non-hydrogen) atoms. The molecule has 3 aromatic carbocycles. The standard InChI is InChI=1S/C21H17BF2O3/c1-14-3-5-15(6-4-14)21(27-22(23)24)13-20(25)18-8-7-17-12-19(26-2)10-9-16(17)11-18/h3-13H,1-2H3/b21-13-. The number of hydrogen-bond acceptors (Lipinski definition) is 3. The van der Waals surface area contributed by atoms with Gasteiger partial charge in [-0.25, -0.2) is 8.63 Å². The molecule has 0 atom stereocenters. The van der Waals surface area contributed by atoms with Gasteiger partial charge in [-0.15, -0.1) is 0 Å². The van der Waals surface area contributed by atoms with Gasteiger partial charge in [0.15, 0.2) is 5.78 Å². The van der Waals surface area contributed by atoms with Gasteiger partial charge in [0.1, 0.15) is 11.5 Å². The molecule has 3 nitrogen and oxygen atoms in total. The molecule has 0 bridgehead atoms. The molecule has 0 radical (unpaired) electrons. The van der Waals surface area contributed by atoms with Crippen molar-refractivity contribution < 1.29 is 22.8 Å². The van der Waals surface area contributed by atoms with Crippen molar-refractivity contribution in [1.29, 1.82) is 0 Å². The van der Waals surface area contributed by atoms with Gasteiger partial charge in [-0.3, -0.25) is 4.79 Å². The predicted molar refractivity (Wildman–Crippen MR) is 103 cm³/mol. The van der Waals surface area contributed by atoms with Gasteiger partial charge in [0.25, 0.3) is 0 Å². The number of aryl methyl sites for hydroxylation is 1. The lowest BCUT2D eigenvalue weighted by atomic mass is 10.0. The van der Waals surface area contributed by atoms with Gasteiger partial charge in [0.05, 0.1) is 7.11 Å². The monoisotopic (exact) mass is 366 g/mol. The number of ketones is 1. The van der Waals surface area contributed by atoms with Gasteiger partial charge in [-0.1, -0.05) is 48.0 Å². The second kappa shape index (κ2) is 8.04. The van der Waals surface area contributed by atoms with E-state index in [0.29, 0.717) is 16.9 Å². The minimum atomic E-state index is -3.02. The molecule has 0 saturated carbocycles. The van der Waals surface area contributed by atoms with Crippen LogP contribution in [0.15, 0.2) is 66.7 Å². The van der Waals surface area contributed by atoms with E-state index in [2.05, 4.69) is 4.65 Å². The van der Waals surface area contributed by atoms with Crippen LogP contribution in [0.2, 0.25) is 0 Å². The average molecular weight is 366 g/mol. The second-order valence-corrected chi connectivity index (χ2v) is 6.05. The summed E-state index contributed by atoms with van der Waals surface area (Å²) in [7, 11) is -1.44. The Labute approximate surface area is 156 Å². The number of ether oxygens (including phenoxy) is 1. The molecule has 0 amide bonds. The number of fused-ring (bicyclic) bond motifs is 1. The van der Waals surface area contributed by atoms with E-state index in [1.54, 1.807) is 55.6 Å². The Bertz CT molecular complexity index is 998. The molecule has 0 spiro atoms. The minimum Gasteiger partial charge on any atom is -0.505 e. The first-order chi connectivity index (χ1) is 13.0. The maximum atomic E-state index is 12.8. The maximum absolute atomic E-state index is 12.8. The van der Waals surface area contributed by atoms with Gasteiger partial charge in [0, 0.05) is 17.2 Å². The molecule has 3 rings (SSSR count). The van der Waals surface area contributed by atoms with Crippen LogP contribution in [0.25, 0.3) is 16.5 Å². The first-order valence-electron chi connectivity index (χ1n) is 8.32. The highest BCUT2D eigenvalue weighted by Crippen LogP contribution is 2.24. The summed E-state index contributed by atoms with van der Waals surface area (Å²) in [5.41, 5.74) is 1.78. The molecule has 0 saturated heterocycles. The Balaban J connectivity index is 1.95. The van der Waals surface area contributed by atoms with E-state index in [4.69, 9.17) is 4.74 Å². The summed E-state index contributed by atoms with van der Waals surface area (Å²) < 4.78 is 35.4. The summed E-state index contributed by atoms with van der Waals surface area (Å²) in [6.45, 7) is 1.89. The Hall–Kier alpha value is -3.15. The highest BCUT2D eigenvalue weighted by Gasteiger charge is 2.21. The highest BCUT2D eigenvalue weighted by atomic mass is 19.2. The van der Waals surface area contributed by atoms with Crippen LogP contribution in [-0.2, 0) is 4.65 Å². The van der Waals surface area contributed by atoms with Crippen LogP contribution in [-0.4, -0.2) is 20.4 Å². The van der Waals surface area contributed by atoms with E-state index in [0.717, 1.165) is 22.4 Å². The van der Waals surface area contributed by atoms with Gasteiger partial charge in [-0.05, 0) is 35.9 Å². The summed E-state index contributed by atoms with van der Waals surface area (Å²) in [4.78, 5) is 12.6. The van der Waals surface area contributed by atoms with Gasteiger partial charge < -0.3 is 9.39 Å². The Kier molecular flexibility index (Phi) is 5.55. The normalized spacial score (nSPS) is 11.3. The third-order valence-corrected chi connectivity index (χ3v) is 4.15. The van der Waals surface area contributed by atoms with E-state index < -0.39 is 13.3 Å². The topological polar surface area (TPSA) is 35.5 Å². The van der Waals surface area contributed by atoms with Gasteiger partial charge in [0.2, 0.25) is 0 Å². The SMILES string of the molecule is COc1ccc2cc(C(=O)/C=C(\OB(F)F)c3ccc(C)cc3)ccc2c1. The summed E-state index contributed by atoms with van der Waals surface area (Å²) in [5.74, 6) is 0.141. The number of methoxy groups -OCH3 is 1. The van der Waals surface area contributed by atoms with Crippen LogP contribution in [0.4, 0.5) is 8.63 Å². The number of carbonyl (C=O) groups excluding carboxylic acids is 1. The number of benzene rings is 3. The van der Waals surface area contributed by atoms with Crippen LogP contribution in [0.1, 0.15) is 21.5 Å². The van der Waals surface area contributed by atoms with Crippen LogP contribution in [0.3, 0.4) is 0 Å². The second-order valence-electron chi connectivity index (χ2n) is 6.05. The molecule has 6 heteroatoms. The molecule has 3 aromatic rings. The molecule has 0 heterocycles. The fraction of sp³-hybridized carbons (Fsp3) is 0.0952. The van der Waals surface area contributed by atoms with Crippen molar-refractivity contribution in [2.75, 3.05) is 7.11 Å². The number of halogens is 2. The molecule has 0 N–H and O–H groups in total. The number of allylic oxidation sites excluding steroid dienone is 1. The van der Waals surface area contributed by atoms with Crippen molar-refractivity contribution in [2.45, 2.75) is 6.92 Å². The van der Waals surface area contributed by atoms with Crippen molar-refractivity contribution in [3.63, 3.8) is 0 Å². The molecule has 0 unspecified atom stereocenters.